The van der Waals surface area contributed by atoms with Gasteiger partial charge in [-0.2, -0.15) is 0 Å². The van der Waals surface area contributed by atoms with E-state index in [0.717, 1.165) is 6.42 Å². The number of benzene rings is 1. The van der Waals surface area contributed by atoms with Crippen LogP contribution in [0.2, 0.25) is 5.02 Å². The Labute approximate surface area is 137 Å². The van der Waals surface area contributed by atoms with E-state index in [9.17, 15) is 14.7 Å². The molecule has 1 aliphatic heterocycles. The molecule has 0 spiro atoms. The third-order valence-electron chi connectivity index (χ3n) is 3.98. The monoisotopic (exact) mass is 373 g/mol. The Bertz CT molecular complexity index is 578. The van der Waals surface area contributed by atoms with Crippen molar-refractivity contribution in [3.05, 3.63) is 33.3 Å². The number of halogens is 2. The molecule has 4 nitrogen and oxygen atoms in total. The van der Waals surface area contributed by atoms with Gasteiger partial charge in [-0.15, -0.1) is 0 Å². The molecule has 2 rings (SSSR count). The molecule has 0 saturated carbocycles. The fourth-order valence-corrected chi connectivity index (χ4v) is 3.43. The van der Waals surface area contributed by atoms with Gasteiger partial charge in [0, 0.05) is 22.6 Å². The number of carboxylic acids is 1. The standard InChI is InChI=1S/C15H17BrClNO3/c1-2-5-15(14(20)21)6-7-18(9-15)13(19)11-8-10(17)3-4-12(11)16/h3-4,8H,2,5-7,9H2,1H3,(H,20,21). The van der Waals surface area contributed by atoms with Gasteiger partial charge in [0.2, 0.25) is 0 Å². The highest BCUT2D eigenvalue weighted by Crippen LogP contribution is 2.36. The van der Waals surface area contributed by atoms with Gasteiger partial charge in [0.15, 0.2) is 0 Å². The predicted molar refractivity (Wildman–Crippen MR) is 84.6 cm³/mol. The molecule has 0 radical (unpaired) electrons. The van der Waals surface area contributed by atoms with E-state index in [2.05, 4.69) is 15.9 Å². The van der Waals surface area contributed by atoms with E-state index < -0.39 is 11.4 Å². The number of carbonyl (C=O) groups is 2. The van der Waals surface area contributed by atoms with Crippen molar-refractivity contribution >= 4 is 39.4 Å². The van der Waals surface area contributed by atoms with Gasteiger partial charge >= 0.3 is 5.97 Å². The number of aliphatic carboxylic acids is 1. The fourth-order valence-electron chi connectivity index (χ4n) is 2.84. The van der Waals surface area contributed by atoms with Crippen molar-refractivity contribution in [1.29, 1.82) is 0 Å². The second kappa shape index (κ2) is 6.36. The van der Waals surface area contributed by atoms with Gasteiger partial charge in [0.1, 0.15) is 0 Å². The molecule has 1 aromatic carbocycles. The normalized spacial score (nSPS) is 21.6. The number of hydrogen-bond donors (Lipinski definition) is 1. The number of carboxylic acid groups (broad SMARTS) is 1. The van der Waals surface area contributed by atoms with Crippen LogP contribution in [0.1, 0.15) is 36.5 Å². The Hall–Kier alpha value is -1.07. The van der Waals surface area contributed by atoms with Crippen molar-refractivity contribution in [2.24, 2.45) is 5.41 Å². The van der Waals surface area contributed by atoms with Crippen LogP contribution in [-0.2, 0) is 4.79 Å². The summed E-state index contributed by atoms with van der Waals surface area (Å²) in [4.78, 5) is 25.8. The molecular formula is C15H17BrClNO3. The maximum atomic E-state index is 12.6. The number of likely N-dealkylation sites (tertiary alicyclic amines) is 1. The van der Waals surface area contributed by atoms with Crippen LogP contribution >= 0.6 is 27.5 Å². The van der Waals surface area contributed by atoms with E-state index in [4.69, 9.17) is 11.6 Å². The zero-order valence-corrected chi connectivity index (χ0v) is 14.1. The molecule has 0 bridgehead atoms. The molecule has 0 aliphatic carbocycles. The number of amides is 1. The van der Waals surface area contributed by atoms with E-state index in [1.807, 2.05) is 6.92 Å². The van der Waals surface area contributed by atoms with Gasteiger partial charge in [-0.25, -0.2) is 0 Å². The zero-order chi connectivity index (χ0) is 15.6. The summed E-state index contributed by atoms with van der Waals surface area (Å²) >= 11 is 9.28. The van der Waals surface area contributed by atoms with Crippen molar-refractivity contribution < 1.29 is 14.7 Å². The van der Waals surface area contributed by atoms with Gasteiger partial charge in [-0.1, -0.05) is 24.9 Å². The Morgan fingerprint density at radius 1 is 1.48 bits per heavy atom. The molecule has 1 amide bonds. The fraction of sp³-hybridized carbons (Fsp3) is 0.467. The number of carbonyl (C=O) groups excluding carboxylic acids is 1. The lowest BCUT2D eigenvalue weighted by molar-refractivity contribution is -0.148. The minimum absolute atomic E-state index is 0.177. The molecule has 1 saturated heterocycles. The molecule has 21 heavy (non-hydrogen) atoms. The summed E-state index contributed by atoms with van der Waals surface area (Å²) in [6, 6.07) is 5.03. The summed E-state index contributed by atoms with van der Waals surface area (Å²) in [6.45, 7) is 2.68. The molecule has 1 unspecified atom stereocenters. The molecule has 0 aromatic heterocycles. The first-order chi connectivity index (χ1) is 9.89. The molecule has 1 atom stereocenters. The minimum Gasteiger partial charge on any atom is -0.481 e. The minimum atomic E-state index is -0.815. The average Bonchev–Trinajstić information content (AvgIpc) is 2.87. The first-order valence-corrected chi connectivity index (χ1v) is 8.04. The van der Waals surface area contributed by atoms with Crippen LogP contribution in [0.5, 0.6) is 0 Å². The largest absolute Gasteiger partial charge is 0.481 e. The number of hydrogen-bond acceptors (Lipinski definition) is 2. The Balaban J connectivity index is 2.22. The second-order valence-electron chi connectivity index (χ2n) is 5.44. The van der Waals surface area contributed by atoms with Crippen molar-refractivity contribution in [3.63, 3.8) is 0 Å². The zero-order valence-electron chi connectivity index (χ0n) is 11.7. The molecule has 1 aromatic rings. The SMILES string of the molecule is CCCC1(C(=O)O)CCN(C(=O)c2cc(Cl)ccc2Br)C1. The van der Waals surface area contributed by atoms with Crippen LogP contribution in [0, 0.1) is 5.41 Å². The lowest BCUT2D eigenvalue weighted by Crippen LogP contribution is -2.37. The summed E-state index contributed by atoms with van der Waals surface area (Å²) in [5, 5.41) is 9.98. The van der Waals surface area contributed by atoms with Crippen LogP contribution < -0.4 is 0 Å². The summed E-state index contributed by atoms with van der Waals surface area (Å²) in [6.07, 6.45) is 1.87. The van der Waals surface area contributed by atoms with E-state index in [0.29, 0.717) is 34.4 Å². The van der Waals surface area contributed by atoms with Crippen LogP contribution in [0.4, 0.5) is 0 Å². The molecule has 1 fully saturated rings. The number of nitrogens with zero attached hydrogens (tertiary/aromatic N) is 1. The molecule has 1 aliphatic rings. The molecule has 114 valence electrons. The highest BCUT2D eigenvalue weighted by atomic mass is 79.9. The molecule has 1 N–H and O–H groups in total. The highest BCUT2D eigenvalue weighted by Gasteiger charge is 2.45. The van der Waals surface area contributed by atoms with E-state index in [-0.39, 0.29) is 12.5 Å². The van der Waals surface area contributed by atoms with Gasteiger partial charge in [-0.05, 0) is 47.0 Å². The van der Waals surface area contributed by atoms with E-state index in [1.54, 1.807) is 23.1 Å². The number of rotatable bonds is 4. The van der Waals surface area contributed by atoms with Crippen LogP contribution in [-0.4, -0.2) is 35.0 Å². The quantitative estimate of drug-likeness (QED) is 0.871. The predicted octanol–water partition coefficient (Wildman–Crippen LogP) is 3.82. The van der Waals surface area contributed by atoms with Gasteiger partial charge in [-0.3, -0.25) is 9.59 Å². The lowest BCUT2D eigenvalue weighted by Gasteiger charge is -2.24. The Morgan fingerprint density at radius 2 is 2.19 bits per heavy atom. The van der Waals surface area contributed by atoms with Gasteiger partial charge in [0.25, 0.3) is 5.91 Å². The second-order valence-corrected chi connectivity index (χ2v) is 6.73. The summed E-state index contributed by atoms with van der Waals surface area (Å²) in [5.74, 6) is -0.992. The first-order valence-electron chi connectivity index (χ1n) is 6.87. The lowest BCUT2D eigenvalue weighted by atomic mass is 9.83. The topological polar surface area (TPSA) is 57.6 Å². The van der Waals surface area contributed by atoms with Crippen LogP contribution in [0.15, 0.2) is 22.7 Å². The van der Waals surface area contributed by atoms with E-state index in [1.165, 1.54) is 0 Å². The molecule has 1 heterocycles. The van der Waals surface area contributed by atoms with Crippen LogP contribution in [0.3, 0.4) is 0 Å². The Morgan fingerprint density at radius 3 is 2.81 bits per heavy atom. The van der Waals surface area contributed by atoms with Gasteiger partial charge < -0.3 is 10.0 Å². The maximum absolute atomic E-state index is 12.6. The third kappa shape index (κ3) is 3.24. The molecular weight excluding hydrogens is 358 g/mol. The third-order valence-corrected chi connectivity index (χ3v) is 4.91. The van der Waals surface area contributed by atoms with Crippen molar-refractivity contribution in [2.45, 2.75) is 26.2 Å². The van der Waals surface area contributed by atoms with Gasteiger partial charge in [0.05, 0.1) is 11.0 Å². The summed E-state index contributed by atoms with van der Waals surface area (Å²) in [5.41, 5.74) is -0.338. The van der Waals surface area contributed by atoms with Crippen molar-refractivity contribution in [1.82, 2.24) is 4.90 Å². The smallest absolute Gasteiger partial charge is 0.311 e. The highest BCUT2D eigenvalue weighted by molar-refractivity contribution is 9.10. The summed E-state index contributed by atoms with van der Waals surface area (Å²) < 4.78 is 0.667. The van der Waals surface area contributed by atoms with Crippen LogP contribution in [0.25, 0.3) is 0 Å². The first kappa shape index (κ1) is 16.3. The maximum Gasteiger partial charge on any atom is 0.311 e. The van der Waals surface area contributed by atoms with Crippen molar-refractivity contribution in [3.8, 4) is 0 Å². The van der Waals surface area contributed by atoms with Crippen molar-refractivity contribution in [2.75, 3.05) is 13.1 Å². The average molecular weight is 375 g/mol. The molecule has 6 heteroatoms. The summed E-state index contributed by atoms with van der Waals surface area (Å²) in [7, 11) is 0. The van der Waals surface area contributed by atoms with E-state index >= 15 is 0 Å². The Kier molecular flexibility index (Phi) is 4.94.